The van der Waals surface area contributed by atoms with Crippen LogP contribution in [-0.4, -0.2) is 50.8 Å². The fraction of sp³-hybridized carbons (Fsp3) is 0.353. The van der Waals surface area contributed by atoms with Crippen LogP contribution in [0.5, 0.6) is 0 Å². The van der Waals surface area contributed by atoms with Crippen molar-refractivity contribution in [2.75, 3.05) is 25.0 Å². The molecule has 4 rings (SSSR count). The Morgan fingerprint density at radius 3 is 2.96 bits per heavy atom. The molecule has 25 heavy (non-hydrogen) atoms. The van der Waals surface area contributed by atoms with E-state index in [-0.39, 0.29) is 11.8 Å². The second kappa shape index (κ2) is 6.12. The van der Waals surface area contributed by atoms with Crippen LogP contribution in [0, 0.1) is 5.92 Å². The fourth-order valence-corrected chi connectivity index (χ4v) is 3.24. The lowest BCUT2D eigenvalue weighted by atomic mass is 10.1. The number of hydrogen-bond donors (Lipinski definition) is 1. The van der Waals surface area contributed by atoms with Crippen LogP contribution in [0.25, 0.3) is 22.4 Å². The van der Waals surface area contributed by atoms with Crippen molar-refractivity contribution in [2.24, 2.45) is 13.0 Å². The highest BCUT2D eigenvalue weighted by Gasteiger charge is 2.30. The van der Waals surface area contributed by atoms with Gasteiger partial charge in [-0.3, -0.25) is 14.5 Å². The van der Waals surface area contributed by atoms with Gasteiger partial charge in [-0.2, -0.15) is 5.10 Å². The molecule has 0 bridgehead atoms. The molecule has 8 heteroatoms. The third-order valence-corrected chi connectivity index (χ3v) is 4.60. The highest BCUT2D eigenvalue weighted by Crippen LogP contribution is 2.30. The third-order valence-electron chi connectivity index (χ3n) is 4.60. The van der Waals surface area contributed by atoms with Crippen LogP contribution in [0.2, 0.25) is 0 Å². The van der Waals surface area contributed by atoms with Gasteiger partial charge in [0.15, 0.2) is 11.5 Å². The molecule has 0 aliphatic carbocycles. The van der Waals surface area contributed by atoms with E-state index in [9.17, 15) is 4.79 Å². The Balaban J connectivity index is 1.79. The van der Waals surface area contributed by atoms with Crippen LogP contribution in [-0.2, 0) is 11.8 Å². The molecule has 1 saturated heterocycles. The van der Waals surface area contributed by atoms with Crippen molar-refractivity contribution in [2.45, 2.75) is 6.42 Å². The number of rotatable bonds is 3. The van der Waals surface area contributed by atoms with Crippen LogP contribution in [0.15, 0.2) is 30.7 Å². The van der Waals surface area contributed by atoms with E-state index in [1.165, 1.54) is 0 Å². The van der Waals surface area contributed by atoms with Crippen LogP contribution >= 0.6 is 0 Å². The van der Waals surface area contributed by atoms with E-state index in [1.807, 2.05) is 19.2 Å². The van der Waals surface area contributed by atoms with E-state index in [0.717, 1.165) is 35.4 Å². The highest BCUT2D eigenvalue weighted by molar-refractivity contribution is 5.89. The Hall–Kier alpha value is -3.03. The van der Waals surface area contributed by atoms with Crippen molar-refractivity contribution in [3.8, 4) is 11.4 Å². The molecule has 1 amide bonds. The monoisotopic (exact) mass is 337 g/mol. The van der Waals surface area contributed by atoms with Crippen LogP contribution in [0.4, 0.5) is 5.82 Å². The van der Waals surface area contributed by atoms with Gasteiger partial charge in [-0.05, 0) is 18.6 Å². The quantitative estimate of drug-likeness (QED) is 0.767. The zero-order chi connectivity index (χ0) is 17.4. The van der Waals surface area contributed by atoms with Crippen LogP contribution < -0.4 is 10.2 Å². The second-order valence-electron chi connectivity index (χ2n) is 6.16. The Bertz CT molecular complexity index is 921. The Morgan fingerprint density at radius 2 is 2.20 bits per heavy atom. The maximum absolute atomic E-state index is 12.0. The van der Waals surface area contributed by atoms with Crippen molar-refractivity contribution in [3.05, 3.63) is 30.7 Å². The summed E-state index contributed by atoms with van der Waals surface area (Å²) in [6.07, 6.45) is 6.07. The summed E-state index contributed by atoms with van der Waals surface area (Å²) in [6, 6.07) is 3.80. The number of hydrogen-bond acceptors (Lipinski definition) is 6. The summed E-state index contributed by atoms with van der Waals surface area (Å²) in [5, 5.41) is 7.96. The predicted octanol–water partition coefficient (Wildman–Crippen LogP) is 0.998. The Morgan fingerprint density at radius 1 is 1.32 bits per heavy atom. The molecular formula is C17H19N7O. The van der Waals surface area contributed by atoms with Crippen LogP contribution in [0.3, 0.4) is 0 Å². The second-order valence-corrected chi connectivity index (χ2v) is 6.16. The SMILES string of the molecule is CNC(=O)[C@H]1CCN(c2nc(-c3cccnc3)nc3c2cnn3C)C1. The van der Waals surface area contributed by atoms with Gasteiger partial charge in [-0.25, -0.2) is 9.97 Å². The molecule has 4 heterocycles. The van der Waals surface area contributed by atoms with E-state index in [2.05, 4.69) is 25.3 Å². The first-order valence-corrected chi connectivity index (χ1v) is 8.24. The van der Waals surface area contributed by atoms with Gasteiger partial charge in [0, 0.05) is 45.1 Å². The molecular weight excluding hydrogens is 318 g/mol. The van der Waals surface area contributed by atoms with Crippen molar-refractivity contribution < 1.29 is 4.79 Å². The third kappa shape index (κ3) is 2.69. The number of pyridine rings is 1. The standard InChI is InChI=1S/C17H19N7O/c1-18-17(25)12-5-7-24(10-12)16-13-9-20-23(2)15(13)21-14(22-16)11-4-3-6-19-8-11/h3-4,6,8-9,12H,5,7,10H2,1-2H3,(H,18,25)/t12-/m0/s1. The summed E-state index contributed by atoms with van der Waals surface area (Å²) in [5.41, 5.74) is 1.63. The number of anilines is 1. The number of amides is 1. The number of nitrogens with zero attached hydrogens (tertiary/aromatic N) is 6. The minimum Gasteiger partial charge on any atom is -0.359 e. The summed E-state index contributed by atoms with van der Waals surface area (Å²) in [4.78, 5) is 27.7. The van der Waals surface area contributed by atoms with E-state index in [4.69, 9.17) is 4.98 Å². The molecule has 1 aliphatic rings. The van der Waals surface area contributed by atoms with E-state index < -0.39 is 0 Å². The van der Waals surface area contributed by atoms with E-state index in [1.54, 1.807) is 30.3 Å². The molecule has 1 atom stereocenters. The van der Waals surface area contributed by atoms with E-state index >= 15 is 0 Å². The van der Waals surface area contributed by atoms with Gasteiger partial charge >= 0.3 is 0 Å². The van der Waals surface area contributed by atoms with Crippen molar-refractivity contribution in [1.29, 1.82) is 0 Å². The lowest BCUT2D eigenvalue weighted by molar-refractivity contribution is -0.123. The summed E-state index contributed by atoms with van der Waals surface area (Å²) in [7, 11) is 3.54. The molecule has 3 aromatic heterocycles. The minimum atomic E-state index is -0.0199. The highest BCUT2D eigenvalue weighted by atomic mass is 16.1. The number of carbonyl (C=O) groups excluding carboxylic acids is 1. The van der Waals surface area contributed by atoms with Gasteiger partial charge in [0.2, 0.25) is 5.91 Å². The number of fused-ring (bicyclic) bond motifs is 1. The predicted molar refractivity (Wildman–Crippen MR) is 93.9 cm³/mol. The number of aromatic nitrogens is 5. The van der Waals surface area contributed by atoms with Gasteiger partial charge in [0.25, 0.3) is 0 Å². The van der Waals surface area contributed by atoms with Crippen molar-refractivity contribution in [1.82, 2.24) is 30.0 Å². The molecule has 1 N–H and O–H groups in total. The van der Waals surface area contributed by atoms with E-state index in [0.29, 0.717) is 12.4 Å². The lowest BCUT2D eigenvalue weighted by Crippen LogP contribution is -2.30. The maximum Gasteiger partial charge on any atom is 0.224 e. The molecule has 128 valence electrons. The van der Waals surface area contributed by atoms with Gasteiger partial charge in [0.1, 0.15) is 5.82 Å². The largest absolute Gasteiger partial charge is 0.359 e. The molecule has 0 radical (unpaired) electrons. The summed E-state index contributed by atoms with van der Waals surface area (Å²) in [6.45, 7) is 1.43. The van der Waals surface area contributed by atoms with Gasteiger partial charge < -0.3 is 10.2 Å². The number of carbonyl (C=O) groups is 1. The average molecular weight is 337 g/mol. The smallest absolute Gasteiger partial charge is 0.224 e. The maximum atomic E-state index is 12.0. The first-order valence-electron chi connectivity index (χ1n) is 8.24. The van der Waals surface area contributed by atoms with Gasteiger partial charge in [-0.15, -0.1) is 0 Å². The molecule has 0 saturated carbocycles. The van der Waals surface area contributed by atoms with Gasteiger partial charge in [-0.1, -0.05) is 0 Å². The zero-order valence-corrected chi connectivity index (χ0v) is 14.2. The molecule has 3 aromatic rings. The normalized spacial score (nSPS) is 17.2. The fourth-order valence-electron chi connectivity index (χ4n) is 3.24. The molecule has 0 unspecified atom stereocenters. The number of nitrogens with one attached hydrogen (secondary N) is 1. The lowest BCUT2D eigenvalue weighted by Gasteiger charge is -2.19. The van der Waals surface area contributed by atoms with Crippen LogP contribution in [0.1, 0.15) is 6.42 Å². The summed E-state index contributed by atoms with van der Waals surface area (Å²) >= 11 is 0. The van der Waals surface area contributed by atoms with Crippen molar-refractivity contribution in [3.63, 3.8) is 0 Å². The Kier molecular flexibility index (Phi) is 3.79. The summed E-state index contributed by atoms with van der Waals surface area (Å²) < 4.78 is 1.74. The zero-order valence-electron chi connectivity index (χ0n) is 14.2. The Labute approximate surface area is 144 Å². The molecule has 8 nitrogen and oxygen atoms in total. The molecule has 0 aromatic carbocycles. The molecule has 1 aliphatic heterocycles. The molecule has 1 fully saturated rings. The first kappa shape index (κ1) is 15.5. The van der Waals surface area contributed by atoms with Gasteiger partial charge in [0.05, 0.1) is 17.5 Å². The molecule has 0 spiro atoms. The first-order chi connectivity index (χ1) is 12.2. The topological polar surface area (TPSA) is 88.8 Å². The summed E-state index contributed by atoms with van der Waals surface area (Å²) in [5.74, 6) is 1.49. The van der Waals surface area contributed by atoms with Crippen molar-refractivity contribution >= 4 is 22.8 Å². The number of aryl methyl sites for hydroxylation is 1. The minimum absolute atomic E-state index is 0.0199. The average Bonchev–Trinajstić information content (AvgIpc) is 3.29.